The van der Waals surface area contributed by atoms with Gasteiger partial charge in [0.2, 0.25) is 5.91 Å². The van der Waals surface area contributed by atoms with E-state index in [0.717, 1.165) is 23.5 Å². The summed E-state index contributed by atoms with van der Waals surface area (Å²) in [4.78, 5) is 17.1. The minimum Gasteiger partial charge on any atom is -0.351 e. The third-order valence-corrected chi connectivity index (χ3v) is 4.68. The maximum Gasteiger partial charge on any atom is 0.220 e. The molecule has 1 saturated heterocycles. The molecule has 1 fully saturated rings. The van der Waals surface area contributed by atoms with E-state index in [0.29, 0.717) is 6.42 Å². The van der Waals surface area contributed by atoms with Crippen LogP contribution in [0.4, 0.5) is 0 Å². The number of hydrogen-bond acceptors (Lipinski definition) is 3. The molecule has 0 spiro atoms. The van der Waals surface area contributed by atoms with Crippen LogP contribution < -0.4 is 5.32 Å². The number of carbonyl (C=O) groups excluding carboxylic acids is 1. The topological polar surface area (TPSA) is 46.4 Å². The molecule has 1 unspecified atom stereocenters. The molecule has 5 heteroatoms. The Morgan fingerprint density at radius 1 is 1.56 bits per heavy atom. The van der Waals surface area contributed by atoms with Crippen molar-refractivity contribution in [1.82, 2.24) is 14.7 Å². The number of thiazole rings is 1. The van der Waals surface area contributed by atoms with Crippen LogP contribution in [0.3, 0.4) is 0 Å². The molecule has 4 nitrogen and oxygen atoms in total. The van der Waals surface area contributed by atoms with Crippen LogP contribution in [-0.4, -0.2) is 20.8 Å². The lowest BCUT2D eigenvalue weighted by atomic mass is 9.93. The molecule has 1 amide bonds. The lowest BCUT2D eigenvalue weighted by molar-refractivity contribution is -0.119. The van der Waals surface area contributed by atoms with E-state index in [-0.39, 0.29) is 11.4 Å². The van der Waals surface area contributed by atoms with Gasteiger partial charge >= 0.3 is 0 Å². The molecule has 1 aliphatic heterocycles. The highest BCUT2D eigenvalue weighted by molar-refractivity contribution is 7.15. The molecule has 0 saturated carbocycles. The summed E-state index contributed by atoms with van der Waals surface area (Å²) in [6, 6.07) is 0. The van der Waals surface area contributed by atoms with Crippen molar-refractivity contribution in [3.8, 4) is 0 Å². The van der Waals surface area contributed by atoms with Crippen molar-refractivity contribution in [3.05, 3.63) is 22.5 Å². The number of hydrogen-bond donors (Lipinski definition) is 1. The van der Waals surface area contributed by atoms with Crippen LogP contribution in [-0.2, 0) is 11.2 Å². The molecule has 0 bridgehead atoms. The van der Waals surface area contributed by atoms with Gasteiger partial charge in [0.25, 0.3) is 0 Å². The van der Waals surface area contributed by atoms with Crippen molar-refractivity contribution in [2.75, 3.05) is 0 Å². The van der Waals surface area contributed by atoms with Crippen LogP contribution in [0.15, 0.2) is 5.38 Å². The van der Waals surface area contributed by atoms with E-state index in [2.05, 4.69) is 40.9 Å². The average molecular weight is 263 g/mol. The largest absolute Gasteiger partial charge is 0.351 e. The van der Waals surface area contributed by atoms with Gasteiger partial charge in [-0.05, 0) is 27.2 Å². The van der Waals surface area contributed by atoms with Crippen LogP contribution in [0.1, 0.15) is 36.8 Å². The Morgan fingerprint density at radius 2 is 2.33 bits per heavy atom. The second-order valence-corrected chi connectivity index (χ2v) is 6.26. The van der Waals surface area contributed by atoms with E-state index in [1.807, 2.05) is 0 Å². The first-order valence-corrected chi connectivity index (χ1v) is 7.09. The molecule has 96 valence electrons. The summed E-state index contributed by atoms with van der Waals surface area (Å²) in [6.45, 7) is 6.27. The predicted octanol–water partition coefficient (Wildman–Crippen LogP) is 2.22. The summed E-state index contributed by atoms with van der Waals surface area (Å²) in [5, 5.41) is 5.22. The SMILES string of the molecule is Cc1nc2scc(C)n2c1CC1(C)CCC(=O)N1. The highest BCUT2D eigenvalue weighted by Gasteiger charge is 2.34. The predicted molar refractivity (Wildman–Crippen MR) is 72.0 cm³/mol. The van der Waals surface area contributed by atoms with Crippen LogP contribution in [0, 0.1) is 13.8 Å². The third-order valence-electron chi connectivity index (χ3n) is 3.73. The van der Waals surface area contributed by atoms with Crippen molar-refractivity contribution in [1.29, 1.82) is 0 Å². The van der Waals surface area contributed by atoms with Crippen molar-refractivity contribution in [3.63, 3.8) is 0 Å². The number of nitrogens with one attached hydrogen (secondary N) is 1. The number of carbonyl (C=O) groups is 1. The van der Waals surface area contributed by atoms with Gasteiger partial charge in [-0.25, -0.2) is 4.98 Å². The zero-order chi connectivity index (χ0) is 12.9. The summed E-state index contributed by atoms with van der Waals surface area (Å²) in [6.07, 6.45) is 2.39. The molecule has 2 aromatic rings. The third kappa shape index (κ3) is 1.73. The number of nitrogens with zero attached hydrogens (tertiary/aromatic N) is 2. The minimum atomic E-state index is -0.119. The van der Waals surface area contributed by atoms with E-state index in [1.54, 1.807) is 11.3 Å². The summed E-state index contributed by atoms with van der Waals surface area (Å²) in [5.41, 5.74) is 3.41. The number of imidazole rings is 1. The van der Waals surface area contributed by atoms with Crippen molar-refractivity contribution >= 4 is 22.2 Å². The first kappa shape index (κ1) is 11.7. The summed E-state index contributed by atoms with van der Waals surface area (Å²) in [7, 11) is 0. The molecule has 0 aliphatic carbocycles. The maximum absolute atomic E-state index is 11.4. The van der Waals surface area contributed by atoms with Gasteiger partial charge in [-0.15, -0.1) is 11.3 Å². The van der Waals surface area contributed by atoms with E-state index in [4.69, 9.17) is 0 Å². The van der Waals surface area contributed by atoms with Crippen LogP contribution in [0.5, 0.6) is 0 Å². The van der Waals surface area contributed by atoms with E-state index >= 15 is 0 Å². The lowest BCUT2D eigenvalue weighted by Crippen LogP contribution is -2.40. The molecule has 1 atom stereocenters. The quantitative estimate of drug-likeness (QED) is 0.903. The number of amides is 1. The number of aromatic nitrogens is 2. The highest BCUT2D eigenvalue weighted by atomic mass is 32.1. The van der Waals surface area contributed by atoms with E-state index < -0.39 is 0 Å². The van der Waals surface area contributed by atoms with Crippen molar-refractivity contribution in [2.45, 2.75) is 45.6 Å². The van der Waals surface area contributed by atoms with Crippen molar-refractivity contribution in [2.24, 2.45) is 0 Å². The molecule has 2 aromatic heterocycles. The zero-order valence-electron chi connectivity index (χ0n) is 10.9. The van der Waals surface area contributed by atoms with Gasteiger partial charge in [0.05, 0.1) is 5.69 Å². The van der Waals surface area contributed by atoms with E-state index in [1.165, 1.54) is 11.4 Å². The Hall–Kier alpha value is -1.36. The fourth-order valence-electron chi connectivity index (χ4n) is 2.73. The maximum atomic E-state index is 11.4. The number of aryl methyl sites for hydroxylation is 2. The Labute approximate surface area is 110 Å². The second kappa shape index (κ2) is 3.82. The van der Waals surface area contributed by atoms with Crippen LogP contribution in [0.2, 0.25) is 0 Å². The van der Waals surface area contributed by atoms with Gasteiger partial charge in [-0.3, -0.25) is 9.20 Å². The Kier molecular flexibility index (Phi) is 2.48. The van der Waals surface area contributed by atoms with E-state index in [9.17, 15) is 4.79 Å². The molecular formula is C13H17N3OS. The molecule has 0 aromatic carbocycles. The summed E-state index contributed by atoms with van der Waals surface area (Å²) in [5.74, 6) is 0.165. The summed E-state index contributed by atoms with van der Waals surface area (Å²) < 4.78 is 2.22. The molecule has 18 heavy (non-hydrogen) atoms. The van der Waals surface area contributed by atoms with Crippen LogP contribution in [0.25, 0.3) is 4.96 Å². The first-order valence-electron chi connectivity index (χ1n) is 6.21. The van der Waals surface area contributed by atoms with Gasteiger partial charge in [0.1, 0.15) is 0 Å². The average Bonchev–Trinajstić information content (AvgIpc) is 2.89. The zero-order valence-corrected chi connectivity index (χ0v) is 11.7. The van der Waals surface area contributed by atoms with Gasteiger partial charge in [0.15, 0.2) is 4.96 Å². The lowest BCUT2D eigenvalue weighted by Gasteiger charge is -2.24. The van der Waals surface area contributed by atoms with Crippen LogP contribution >= 0.6 is 11.3 Å². The minimum absolute atomic E-state index is 0.119. The van der Waals surface area contributed by atoms with Gasteiger partial charge in [-0.2, -0.15) is 0 Å². The standard InChI is InChI=1S/C13H17N3OS/c1-8-7-18-12-14-9(2)10(16(8)12)6-13(3)5-4-11(17)15-13/h7H,4-6H2,1-3H3,(H,15,17). The number of fused-ring (bicyclic) bond motifs is 1. The Balaban J connectivity index is 2.01. The van der Waals surface area contributed by atoms with Crippen molar-refractivity contribution < 1.29 is 4.79 Å². The Bertz CT molecular complexity index is 627. The molecule has 1 N–H and O–H groups in total. The highest BCUT2D eigenvalue weighted by Crippen LogP contribution is 2.28. The summed E-state index contributed by atoms with van der Waals surface area (Å²) >= 11 is 1.67. The van der Waals surface area contributed by atoms with Gasteiger partial charge in [0, 0.05) is 35.1 Å². The molecule has 3 heterocycles. The molecule has 0 radical (unpaired) electrons. The second-order valence-electron chi connectivity index (χ2n) is 5.42. The first-order chi connectivity index (χ1) is 8.48. The van der Waals surface area contributed by atoms with Gasteiger partial charge < -0.3 is 5.32 Å². The fourth-order valence-corrected chi connectivity index (χ4v) is 3.66. The molecular weight excluding hydrogens is 246 g/mol. The fraction of sp³-hybridized carbons (Fsp3) is 0.538. The smallest absolute Gasteiger partial charge is 0.220 e. The monoisotopic (exact) mass is 263 g/mol. The van der Waals surface area contributed by atoms with Gasteiger partial charge in [-0.1, -0.05) is 0 Å². The Morgan fingerprint density at radius 3 is 3.00 bits per heavy atom. The number of rotatable bonds is 2. The molecule has 1 aliphatic rings. The molecule has 3 rings (SSSR count). The normalized spacial score (nSPS) is 23.8.